The van der Waals surface area contributed by atoms with Gasteiger partial charge in [0.15, 0.2) is 0 Å². The SMILES string of the molecule is CC.CC.CCOC(=O)/C(N)=C1\CN(c2ccc(C)cn2)CCC1=NC(C)C. The van der Waals surface area contributed by atoms with Crippen molar-refractivity contribution in [3.05, 3.63) is 35.2 Å². The highest BCUT2D eigenvalue weighted by molar-refractivity contribution is 6.08. The summed E-state index contributed by atoms with van der Waals surface area (Å²) in [6.07, 6.45) is 2.56. The molecule has 158 valence electrons. The maximum atomic E-state index is 12.1. The molecule has 0 aromatic carbocycles. The second kappa shape index (κ2) is 13.7. The number of aryl methyl sites for hydroxylation is 1. The lowest BCUT2D eigenvalue weighted by molar-refractivity contribution is -0.138. The topological polar surface area (TPSA) is 80.8 Å². The number of carbonyl (C=O) groups excluding carboxylic acids is 1. The van der Waals surface area contributed by atoms with Crippen LogP contribution in [-0.2, 0) is 9.53 Å². The Hall–Kier alpha value is -2.37. The van der Waals surface area contributed by atoms with Crippen LogP contribution < -0.4 is 10.6 Å². The van der Waals surface area contributed by atoms with Crippen LogP contribution in [0.25, 0.3) is 0 Å². The molecule has 0 unspecified atom stereocenters. The van der Waals surface area contributed by atoms with Crippen LogP contribution in [-0.4, -0.2) is 42.4 Å². The minimum absolute atomic E-state index is 0.146. The van der Waals surface area contributed by atoms with E-state index in [1.807, 2.05) is 66.8 Å². The maximum Gasteiger partial charge on any atom is 0.354 e. The number of nitrogens with zero attached hydrogens (tertiary/aromatic N) is 3. The normalized spacial score (nSPS) is 16.6. The number of aliphatic imine (C=N–C) groups is 1. The second-order valence-electron chi connectivity index (χ2n) is 6.15. The van der Waals surface area contributed by atoms with E-state index < -0.39 is 5.97 Å². The van der Waals surface area contributed by atoms with E-state index in [1.54, 1.807) is 6.92 Å². The zero-order valence-corrected chi connectivity index (χ0v) is 18.9. The lowest BCUT2D eigenvalue weighted by Gasteiger charge is -2.31. The fourth-order valence-electron chi connectivity index (χ4n) is 2.62. The number of pyridine rings is 1. The van der Waals surface area contributed by atoms with Crippen LogP contribution in [0.15, 0.2) is 34.6 Å². The Balaban J connectivity index is 0.00000171. The van der Waals surface area contributed by atoms with Gasteiger partial charge in [0.25, 0.3) is 0 Å². The molecular weight excluding hydrogens is 352 g/mol. The van der Waals surface area contributed by atoms with Gasteiger partial charge in [0.2, 0.25) is 0 Å². The molecule has 1 aliphatic rings. The molecule has 1 aromatic rings. The Labute approximate surface area is 170 Å². The summed E-state index contributed by atoms with van der Waals surface area (Å²) in [5.41, 5.74) is 8.98. The average molecular weight is 391 g/mol. The summed E-state index contributed by atoms with van der Waals surface area (Å²) < 4.78 is 5.06. The van der Waals surface area contributed by atoms with Crippen molar-refractivity contribution >= 4 is 17.5 Å². The summed E-state index contributed by atoms with van der Waals surface area (Å²) in [6.45, 7) is 17.4. The molecule has 0 amide bonds. The van der Waals surface area contributed by atoms with Crippen LogP contribution >= 0.6 is 0 Å². The monoisotopic (exact) mass is 390 g/mol. The van der Waals surface area contributed by atoms with Crippen molar-refractivity contribution in [2.75, 3.05) is 24.6 Å². The fourth-order valence-corrected chi connectivity index (χ4v) is 2.62. The van der Waals surface area contributed by atoms with Gasteiger partial charge in [-0.3, -0.25) is 4.99 Å². The number of rotatable bonds is 4. The van der Waals surface area contributed by atoms with Gasteiger partial charge < -0.3 is 15.4 Å². The van der Waals surface area contributed by atoms with Gasteiger partial charge >= 0.3 is 5.97 Å². The van der Waals surface area contributed by atoms with Crippen molar-refractivity contribution in [3.63, 3.8) is 0 Å². The Morgan fingerprint density at radius 1 is 1.29 bits per heavy atom. The molecule has 0 radical (unpaired) electrons. The third-order valence-corrected chi connectivity index (χ3v) is 3.77. The molecule has 6 nitrogen and oxygen atoms in total. The zero-order valence-electron chi connectivity index (χ0n) is 18.9. The first-order chi connectivity index (χ1) is 13.4. The Bertz CT molecular complexity index is 649. The van der Waals surface area contributed by atoms with E-state index in [4.69, 9.17) is 10.5 Å². The third-order valence-electron chi connectivity index (χ3n) is 3.77. The molecule has 28 heavy (non-hydrogen) atoms. The lowest BCUT2D eigenvalue weighted by Crippen LogP contribution is -2.39. The van der Waals surface area contributed by atoms with E-state index in [2.05, 4.69) is 14.9 Å². The van der Waals surface area contributed by atoms with Crippen LogP contribution in [0.5, 0.6) is 0 Å². The number of anilines is 1. The van der Waals surface area contributed by atoms with Gasteiger partial charge in [-0.05, 0) is 39.3 Å². The number of hydrogen-bond acceptors (Lipinski definition) is 6. The molecule has 0 spiro atoms. The molecule has 0 aliphatic carbocycles. The minimum atomic E-state index is -0.484. The highest BCUT2D eigenvalue weighted by Crippen LogP contribution is 2.22. The predicted molar refractivity (Wildman–Crippen MR) is 119 cm³/mol. The molecule has 1 aromatic heterocycles. The molecule has 2 heterocycles. The van der Waals surface area contributed by atoms with E-state index in [9.17, 15) is 4.79 Å². The van der Waals surface area contributed by atoms with Gasteiger partial charge in [0.1, 0.15) is 11.5 Å². The number of carbonyl (C=O) groups is 1. The number of ether oxygens (including phenoxy) is 1. The summed E-state index contributed by atoms with van der Waals surface area (Å²) in [5, 5.41) is 0. The van der Waals surface area contributed by atoms with Crippen LogP contribution in [0.3, 0.4) is 0 Å². The summed E-state index contributed by atoms with van der Waals surface area (Å²) >= 11 is 0. The molecule has 1 fully saturated rings. The number of hydrogen-bond donors (Lipinski definition) is 1. The van der Waals surface area contributed by atoms with Crippen LogP contribution in [0, 0.1) is 6.92 Å². The lowest BCUT2D eigenvalue weighted by atomic mass is 9.99. The van der Waals surface area contributed by atoms with Gasteiger partial charge in [-0.25, -0.2) is 9.78 Å². The number of nitrogens with two attached hydrogens (primary N) is 1. The zero-order chi connectivity index (χ0) is 21.7. The van der Waals surface area contributed by atoms with Crippen LogP contribution in [0.4, 0.5) is 5.82 Å². The van der Waals surface area contributed by atoms with Gasteiger partial charge in [0.05, 0.1) is 6.61 Å². The highest BCUT2D eigenvalue weighted by atomic mass is 16.5. The van der Waals surface area contributed by atoms with Gasteiger partial charge in [0, 0.05) is 43.0 Å². The largest absolute Gasteiger partial charge is 0.461 e. The van der Waals surface area contributed by atoms with E-state index in [-0.39, 0.29) is 11.7 Å². The van der Waals surface area contributed by atoms with Crippen molar-refractivity contribution in [2.24, 2.45) is 10.7 Å². The van der Waals surface area contributed by atoms with Crippen molar-refractivity contribution in [3.8, 4) is 0 Å². The van der Waals surface area contributed by atoms with Crippen molar-refractivity contribution in [2.45, 2.75) is 67.9 Å². The van der Waals surface area contributed by atoms with E-state index in [0.717, 1.165) is 35.6 Å². The fraction of sp³-hybridized carbons (Fsp3) is 0.591. The Kier molecular flexibility index (Phi) is 12.6. The predicted octanol–water partition coefficient (Wildman–Crippen LogP) is 4.28. The molecule has 1 saturated heterocycles. The molecule has 1 aliphatic heterocycles. The van der Waals surface area contributed by atoms with Gasteiger partial charge in [-0.2, -0.15) is 0 Å². The van der Waals surface area contributed by atoms with Crippen molar-refractivity contribution in [1.29, 1.82) is 0 Å². The van der Waals surface area contributed by atoms with Gasteiger partial charge in [-0.15, -0.1) is 0 Å². The third kappa shape index (κ3) is 7.71. The van der Waals surface area contributed by atoms with Crippen LogP contribution in [0.1, 0.15) is 60.5 Å². The first-order valence-electron chi connectivity index (χ1n) is 10.3. The Morgan fingerprint density at radius 3 is 2.43 bits per heavy atom. The van der Waals surface area contributed by atoms with E-state index in [1.165, 1.54) is 0 Å². The molecule has 0 bridgehead atoms. The summed E-state index contributed by atoms with van der Waals surface area (Å²) in [5.74, 6) is 0.390. The van der Waals surface area contributed by atoms with Gasteiger partial charge in [-0.1, -0.05) is 33.8 Å². The number of piperidine rings is 1. The Morgan fingerprint density at radius 2 is 1.93 bits per heavy atom. The second-order valence-corrected chi connectivity index (χ2v) is 6.15. The summed E-state index contributed by atoms with van der Waals surface area (Å²) in [4.78, 5) is 23.3. The van der Waals surface area contributed by atoms with Crippen molar-refractivity contribution in [1.82, 2.24) is 4.98 Å². The van der Waals surface area contributed by atoms with Crippen molar-refractivity contribution < 1.29 is 9.53 Å². The van der Waals surface area contributed by atoms with Crippen LogP contribution in [0.2, 0.25) is 0 Å². The minimum Gasteiger partial charge on any atom is -0.461 e. The highest BCUT2D eigenvalue weighted by Gasteiger charge is 2.26. The first-order valence-corrected chi connectivity index (χ1v) is 10.3. The smallest absolute Gasteiger partial charge is 0.354 e. The number of esters is 1. The number of aromatic nitrogens is 1. The standard InChI is InChI=1S/C18H26N4O2.2C2H6/c1-5-24-18(23)17(19)14-11-22(9-8-15(14)21-12(2)3)16-7-6-13(4)10-20-16;2*1-2/h6-7,10,12H,5,8-9,11,19H2,1-4H3;2*1-2H3/b17-14-,21-15?;;. The molecule has 0 atom stereocenters. The first kappa shape index (κ1) is 25.6. The average Bonchev–Trinajstić information content (AvgIpc) is 2.71. The molecule has 6 heteroatoms. The summed E-state index contributed by atoms with van der Waals surface area (Å²) in [6, 6.07) is 4.16. The molecule has 2 N–H and O–H groups in total. The van der Waals surface area contributed by atoms with E-state index in [0.29, 0.717) is 13.2 Å². The quantitative estimate of drug-likeness (QED) is 0.613. The maximum absolute atomic E-state index is 12.1. The van der Waals surface area contributed by atoms with E-state index >= 15 is 0 Å². The summed E-state index contributed by atoms with van der Waals surface area (Å²) in [7, 11) is 0. The molecule has 2 rings (SSSR count). The molecular formula is C22H38N4O2. The molecule has 0 saturated carbocycles.